The summed E-state index contributed by atoms with van der Waals surface area (Å²) in [7, 11) is 0. The van der Waals surface area contributed by atoms with Gasteiger partial charge in [-0.15, -0.1) is 0 Å². The third-order valence-corrected chi connectivity index (χ3v) is 5.86. The van der Waals surface area contributed by atoms with Crippen molar-refractivity contribution in [3.63, 3.8) is 0 Å². The first-order valence-corrected chi connectivity index (χ1v) is 11.7. The number of benzene rings is 3. The van der Waals surface area contributed by atoms with Crippen LogP contribution in [0.3, 0.4) is 0 Å². The number of hydrogen-bond donors (Lipinski definition) is 0. The van der Waals surface area contributed by atoms with Crippen molar-refractivity contribution in [1.29, 1.82) is 0 Å². The van der Waals surface area contributed by atoms with Crippen LogP contribution in [0.15, 0.2) is 72.8 Å². The van der Waals surface area contributed by atoms with Gasteiger partial charge in [0, 0.05) is 11.4 Å². The highest BCUT2D eigenvalue weighted by atomic mass is 35.5. The second-order valence-corrected chi connectivity index (χ2v) is 9.80. The van der Waals surface area contributed by atoms with Crippen LogP contribution < -0.4 is 4.74 Å². The van der Waals surface area contributed by atoms with Crippen LogP contribution >= 0.6 is 11.6 Å². The van der Waals surface area contributed by atoms with Crippen LogP contribution in [-0.4, -0.2) is 22.5 Å². The molecule has 0 spiro atoms. The van der Waals surface area contributed by atoms with Crippen molar-refractivity contribution >= 4 is 23.6 Å². The lowest BCUT2D eigenvalue weighted by atomic mass is 9.99. The van der Waals surface area contributed by atoms with Crippen LogP contribution in [0, 0.1) is 0 Å². The molecule has 1 atom stereocenters. The topological polar surface area (TPSA) is 55.8 Å². The third-order valence-electron chi connectivity index (χ3n) is 5.60. The minimum atomic E-state index is -0.654. The number of ether oxygens (including phenoxy) is 2. The average Bonchev–Trinajstić information content (AvgIpc) is 3.20. The highest BCUT2D eigenvalue weighted by Crippen LogP contribution is 2.35. The number of rotatable bonds is 5. The molecule has 5 nitrogen and oxygen atoms in total. The highest BCUT2D eigenvalue weighted by Gasteiger charge is 2.39. The number of likely N-dealkylation sites (tertiary alicyclic amines) is 1. The molecule has 0 bridgehead atoms. The minimum Gasteiger partial charge on any atom is -0.489 e. The molecule has 1 heterocycles. The fraction of sp³-hybridized carbons (Fsp3) is 0.286. The molecule has 34 heavy (non-hydrogen) atoms. The Balaban J connectivity index is 1.42. The smallest absolute Gasteiger partial charge is 0.417 e. The van der Waals surface area contributed by atoms with E-state index in [1.807, 2.05) is 72.8 Å². The van der Waals surface area contributed by atoms with Crippen LogP contribution in [0.2, 0.25) is 5.02 Å². The van der Waals surface area contributed by atoms with Gasteiger partial charge >= 0.3 is 6.09 Å². The van der Waals surface area contributed by atoms with E-state index in [1.165, 1.54) is 4.90 Å². The average molecular weight is 478 g/mol. The first-order chi connectivity index (χ1) is 16.2. The van der Waals surface area contributed by atoms with Crippen LogP contribution in [-0.2, 0) is 16.1 Å². The SMILES string of the molecule is CC(C)(C)OC(=O)N1C(=O)CCC1c1ccc(-c2ccc(OCc3ccc(Cl)cc3)cc2)cc1. The summed E-state index contributed by atoms with van der Waals surface area (Å²) >= 11 is 5.92. The van der Waals surface area contributed by atoms with Crippen LogP contribution in [0.25, 0.3) is 11.1 Å². The maximum atomic E-state index is 12.6. The quantitative estimate of drug-likeness (QED) is 0.390. The summed E-state index contributed by atoms with van der Waals surface area (Å²) in [6.45, 7) is 5.86. The fourth-order valence-electron chi connectivity index (χ4n) is 3.93. The van der Waals surface area contributed by atoms with E-state index in [0.717, 1.165) is 28.0 Å². The zero-order valence-electron chi connectivity index (χ0n) is 19.6. The number of carbonyl (C=O) groups excluding carboxylic acids is 2. The monoisotopic (exact) mass is 477 g/mol. The van der Waals surface area contributed by atoms with Crippen LogP contribution in [0.1, 0.15) is 50.8 Å². The normalized spacial score (nSPS) is 15.9. The molecule has 4 rings (SSSR count). The lowest BCUT2D eigenvalue weighted by Crippen LogP contribution is -2.38. The Bertz CT molecular complexity index is 1150. The van der Waals surface area contributed by atoms with E-state index in [2.05, 4.69) is 0 Å². The Morgan fingerprint density at radius 3 is 2.12 bits per heavy atom. The van der Waals surface area contributed by atoms with Gasteiger partial charge in [-0.2, -0.15) is 0 Å². The number of amides is 2. The summed E-state index contributed by atoms with van der Waals surface area (Å²) in [5, 5.41) is 0.705. The van der Waals surface area contributed by atoms with E-state index in [9.17, 15) is 9.59 Å². The Labute approximate surface area is 205 Å². The molecule has 0 N–H and O–H groups in total. The van der Waals surface area contributed by atoms with Crippen molar-refractivity contribution in [2.24, 2.45) is 0 Å². The van der Waals surface area contributed by atoms with Crippen molar-refractivity contribution in [2.45, 2.75) is 51.9 Å². The Kier molecular flexibility index (Phi) is 6.94. The Hall–Kier alpha value is -3.31. The molecule has 1 fully saturated rings. The van der Waals surface area contributed by atoms with Crippen molar-refractivity contribution in [3.05, 3.63) is 88.9 Å². The minimum absolute atomic E-state index is 0.197. The lowest BCUT2D eigenvalue weighted by molar-refractivity contribution is -0.128. The van der Waals surface area contributed by atoms with E-state index >= 15 is 0 Å². The number of imide groups is 1. The van der Waals surface area contributed by atoms with Crippen molar-refractivity contribution in [1.82, 2.24) is 4.90 Å². The van der Waals surface area contributed by atoms with E-state index in [4.69, 9.17) is 21.1 Å². The van der Waals surface area contributed by atoms with Gasteiger partial charge in [0.1, 0.15) is 18.0 Å². The van der Waals surface area contributed by atoms with Gasteiger partial charge in [-0.1, -0.05) is 60.1 Å². The van der Waals surface area contributed by atoms with Crippen molar-refractivity contribution in [3.8, 4) is 16.9 Å². The Morgan fingerprint density at radius 1 is 0.941 bits per heavy atom. The van der Waals surface area contributed by atoms with Crippen molar-refractivity contribution < 1.29 is 19.1 Å². The fourth-order valence-corrected chi connectivity index (χ4v) is 4.05. The third kappa shape index (κ3) is 5.78. The predicted octanol–water partition coefficient (Wildman–Crippen LogP) is 7.18. The summed E-state index contributed by atoms with van der Waals surface area (Å²) in [6, 6.07) is 23.2. The molecule has 3 aromatic rings. The molecule has 1 aliphatic rings. The summed E-state index contributed by atoms with van der Waals surface area (Å²) < 4.78 is 11.3. The molecule has 0 saturated carbocycles. The molecule has 1 aliphatic heterocycles. The number of hydrogen-bond acceptors (Lipinski definition) is 4. The standard InChI is InChI=1S/C28H28ClNO4/c1-28(2,3)34-27(32)30-25(16-17-26(30)31)22-8-6-20(7-9-22)21-10-14-24(15-11-21)33-18-19-4-12-23(29)13-5-19/h4-15,25H,16-18H2,1-3H3. The molecule has 0 radical (unpaired) electrons. The number of halogens is 1. The first-order valence-electron chi connectivity index (χ1n) is 11.3. The van der Waals surface area contributed by atoms with Crippen molar-refractivity contribution in [2.75, 3.05) is 0 Å². The largest absolute Gasteiger partial charge is 0.489 e. The summed E-state index contributed by atoms with van der Waals surface area (Å²) in [6.07, 6.45) is 0.346. The molecule has 2 amide bonds. The zero-order valence-corrected chi connectivity index (χ0v) is 20.3. The van der Waals surface area contributed by atoms with Gasteiger partial charge < -0.3 is 9.47 Å². The number of carbonyl (C=O) groups is 2. The summed E-state index contributed by atoms with van der Waals surface area (Å²) in [4.78, 5) is 26.2. The molecular formula is C28H28ClNO4. The van der Waals surface area contributed by atoms with E-state index in [-0.39, 0.29) is 11.9 Å². The van der Waals surface area contributed by atoms with Gasteiger partial charge in [0.05, 0.1) is 6.04 Å². The second kappa shape index (κ2) is 9.90. The Morgan fingerprint density at radius 2 is 1.53 bits per heavy atom. The lowest BCUT2D eigenvalue weighted by Gasteiger charge is -2.27. The predicted molar refractivity (Wildman–Crippen MR) is 133 cm³/mol. The second-order valence-electron chi connectivity index (χ2n) is 9.36. The first kappa shape index (κ1) is 23.8. The molecular weight excluding hydrogens is 450 g/mol. The molecule has 6 heteroatoms. The molecule has 0 aliphatic carbocycles. The van der Waals surface area contributed by atoms with E-state index in [0.29, 0.717) is 24.5 Å². The van der Waals surface area contributed by atoms with Gasteiger partial charge in [0.2, 0.25) is 5.91 Å². The molecule has 176 valence electrons. The van der Waals surface area contributed by atoms with Gasteiger partial charge in [0.25, 0.3) is 0 Å². The molecule has 1 unspecified atom stereocenters. The number of nitrogens with zero attached hydrogens (tertiary/aromatic N) is 1. The van der Waals surface area contributed by atoms with Crippen LogP contribution in [0.5, 0.6) is 5.75 Å². The van der Waals surface area contributed by atoms with Gasteiger partial charge in [-0.05, 0) is 73.7 Å². The molecule has 0 aromatic heterocycles. The van der Waals surface area contributed by atoms with E-state index in [1.54, 1.807) is 20.8 Å². The summed E-state index contributed by atoms with van der Waals surface area (Å²) in [5.74, 6) is 0.588. The van der Waals surface area contributed by atoms with Crippen LogP contribution in [0.4, 0.5) is 4.79 Å². The zero-order chi connectivity index (χ0) is 24.3. The van der Waals surface area contributed by atoms with Gasteiger partial charge in [-0.25, -0.2) is 9.69 Å². The van der Waals surface area contributed by atoms with Gasteiger partial charge in [0.15, 0.2) is 0 Å². The maximum Gasteiger partial charge on any atom is 0.417 e. The molecule has 1 saturated heterocycles. The summed E-state index contributed by atoms with van der Waals surface area (Å²) in [5.41, 5.74) is 3.41. The molecule has 3 aromatic carbocycles. The van der Waals surface area contributed by atoms with E-state index < -0.39 is 11.7 Å². The maximum absolute atomic E-state index is 12.6. The van der Waals surface area contributed by atoms with Gasteiger partial charge in [-0.3, -0.25) is 4.79 Å². The highest BCUT2D eigenvalue weighted by molar-refractivity contribution is 6.30.